The van der Waals surface area contributed by atoms with Crippen molar-refractivity contribution in [1.29, 1.82) is 0 Å². The van der Waals surface area contributed by atoms with E-state index in [1.165, 1.54) is 24.3 Å². The first-order valence-electron chi connectivity index (χ1n) is 9.64. The topological polar surface area (TPSA) is 93.1 Å². The number of ether oxygens (including phenoxy) is 2. The molecule has 2 N–H and O–H groups in total. The van der Waals surface area contributed by atoms with Gasteiger partial charge in [0.1, 0.15) is 23.0 Å². The predicted octanol–water partition coefficient (Wildman–Crippen LogP) is 6.35. The molecule has 0 aliphatic heterocycles. The van der Waals surface area contributed by atoms with E-state index < -0.39 is 11.9 Å². The Hall–Kier alpha value is -4.58. The van der Waals surface area contributed by atoms with Crippen LogP contribution in [0, 0.1) is 0 Å². The van der Waals surface area contributed by atoms with Crippen LogP contribution < -0.4 is 9.47 Å². The van der Waals surface area contributed by atoms with E-state index in [0.717, 1.165) is 11.5 Å². The van der Waals surface area contributed by atoms with Crippen molar-refractivity contribution in [3.63, 3.8) is 0 Å². The number of carboxylic acid groups (broad SMARTS) is 2. The van der Waals surface area contributed by atoms with Gasteiger partial charge in [-0.25, -0.2) is 9.59 Å². The average Bonchev–Trinajstić information content (AvgIpc) is 2.82. The fourth-order valence-corrected chi connectivity index (χ4v) is 2.58. The Kier molecular flexibility index (Phi) is 7.59. The molecular formula is C26H20O6. The molecule has 4 rings (SSSR count). The zero-order chi connectivity index (χ0) is 22.8. The highest BCUT2D eigenvalue weighted by Crippen LogP contribution is 2.22. The van der Waals surface area contributed by atoms with Gasteiger partial charge in [0.05, 0.1) is 11.1 Å². The van der Waals surface area contributed by atoms with Gasteiger partial charge in [0.25, 0.3) is 0 Å². The lowest BCUT2D eigenvalue weighted by atomic mass is 10.2. The van der Waals surface area contributed by atoms with E-state index >= 15 is 0 Å². The maximum absolute atomic E-state index is 10.6. The quantitative estimate of drug-likeness (QED) is 0.371. The minimum Gasteiger partial charge on any atom is -0.478 e. The van der Waals surface area contributed by atoms with E-state index in [1.807, 2.05) is 60.7 Å². The highest BCUT2D eigenvalue weighted by Gasteiger charge is 2.03. The first-order valence-corrected chi connectivity index (χ1v) is 9.64. The molecule has 0 heterocycles. The Bertz CT molecular complexity index is 1040. The minimum absolute atomic E-state index is 0.250. The van der Waals surface area contributed by atoms with E-state index in [9.17, 15) is 9.59 Å². The van der Waals surface area contributed by atoms with Gasteiger partial charge in [0, 0.05) is 0 Å². The van der Waals surface area contributed by atoms with Crippen LogP contribution in [0.25, 0.3) is 0 Å². The lowest BCUT2D eigenvalue weighted by Crippen LogP contribution is -1.95. The van der Waals surface area contributed by atoms with E-state index in [0.29, 0.717) is 11.5 Å². The molecule has 0 saturated heterocycles. The summed E-state index contributed by atoms with van der Waals surface area (Å²) in [6.45, 7) is 0. The third-order valence-corrected chi connectivity index (χ3v) is 4.16. The molecule has 160 valence electrons. The summed E-state index contributed by atoms with van der Waals surface area (Å²) in [4.78, 5) is 21.3. The number of hydrogen-bond donors (Lipinski definition) is 2. The van der Waals surface area contributed by atoms with Crippen LogP contribution in [0.3, 0.4) is 0 Å². The maximum atomic E-state index is 10.6. The van der Waals surface area contributed by atoms with Gasteiger partial charge in [-0.2, -0.15) is 0 Å². The highest BCUT2D eigenvalue weighted by atomic mass is 16.5. The van der Waals surface area contributed by atoms with Crippen molar-refractivity contribution in [2.45, 2.75) is 0 Å². The van der Waals surface area contributed by atoms with Crippen LogP contribution in [-0.2, 0) is 0 Å². The summed E-state index contributed by atoms with van der Waals surface area (Å²) in [5.74, 6) is 0.820. The van der Waals surface area contributed by atoms with Crippen molar-refractivity contribution in [3.05, 3.63) is 120 Å². The number of carboxylic acids is 2. The molecule has 0 spiro atoms. The third kappa shape index (κ3) is 6.74. The third-order valence-electron chi connectivity index (χ3n) is 4.16. The molecule has 0 aliphatic rings. The molecule has 6 nitrogen and oxygen atoms in total. The van der Waals surface area contributed by atoms with E-state index in [4.69, 9.17) is 19.7 Å². The molecule has 32 heavy (non-hydrogen) atoms. The first-order chi connectivity index (χ1) is 15.5. The van der Waals surface area contributed by atoms with Gasteiger partial charge >= 0.3 is 11.9 Å². The number of benzene rings is 4. The molecule has 0 fully saturated rings. The minimum atomic E-state index is -0.939. The summed E-state index contributed by atoms with van der Waals surface area (Å²) < 4.78 is 11.0. The number of rotatable bonds is 6. The van der Waals surface area contributed by atoms with Crippen LogP contribution in [0.2, 0.25) is 0 Å². The lowest BCUT2D eigenvalue weighted by molar-refractivity contribution is 0.0686. The number of aromatic carboxylic acids is 2. The maximum Gasteiger partial charge on any atom is 0.335 e. The van der Waals surface area contributed by atoms with Crippen molar-refractivity contribution in [2.75, 3.05) is 0 Å². The second kappa shape index (κ2) is 11.0. The van der Waals surface area contributed by atoms with Gasteiger partial charge in [-0.3, -0.25) is 0 Å². The second-order valence-electron chi connectivity index (χ2n) is 6.49. The van der Waals surface area contributed by atoms with Crippen LogP contribution in [0.1, 0.15) is 20.7 Å². The Morgan fingerprint density at radius 3 is 1.00 bits per heavy atom. The summed E-state index contributed by atoms with van der Waals surface area (Å²) in [7, 11) is 0. The number of carbonyl (C=O) groups is 2. The molecule has 0 saturated carbocycles. The summed E-state index contributed by atoms with van der Waals surface area (Å²) in [5, 5.41) is 17.4. The molecule has 0 aliphatic carbocycles. The van der Waals surface area contributed by atoms with Crippen LogP contribution in [0.5, 0.6) is 23.0 Å². The Morgan fingerprint density at radius 1 is 0.438 bits per heavy atom. The standard InChI is InChI=1S/2C13H10O3/c2*14-13(15)10-6-8-12(9-7-10)16-11-4-2-1-3-5-11/h2*1-9H,(H,14,15). The van der Waals surface area contributed by atoms with Crippen molar-refractivity contribution in [2.24, 2.45) is 0 Å². The molecule has 0 aromatic heterocycles. The van der Waals surface area contributed by atoms with Crippen molar-refractivity contribution in [3.8, 4) is 23.0 Å². The molecular weight excluding hydrogens is 408 g/mol. The van der Waals surface area contributed by atoms with Crippen molar-refractivity contribution >= 4 is 11.9 Å². The van der Waals surface area contributed by atoms with Gasteiger partial charge in [-0.1, -0.05) is 36.4 Å². The molecule has 0 amide bonds. The lowest BCUT2D eigenvalue weighted by Gasteiger charge is -2.05. The summed E-state index contributed by atoms with van der Waals surface area (Å²) >= 11 is 0. The van der Waals surface area contributed by atoms with Crippen LogP contribution in [0.15, 0.2) is 109 Å². The van der Waals surface area contributed by atoms with Crippen molar-refractivity contribution < 1.29 is 29.3 Å². The van der Waals surface area contributed by atoms with Crippen LogP contribution in [0.4, 0.5) is 0 Å². The smallest absolute Gasteiger partial charge is 0.335 e. The van der Waals surface area contributed by atoms with Gasteiger partial charge < -0.3 is 19.7 Å². The zero-order valence-corrected chi connectivity index (χ0v) is 16.9. The number of para-hydroxylation sites is 2. The second-order valence-corrected chi connectivity index (χ2v) is 6.49. The predicted molar refractivity (Wildman–Crippen MR) is 120 cm³/mol. The average molecular weight is 428 g/mol. The van der Waals surface area contributed by atoms with Gasteiger partial charge in [-0.15, -0.1) is 0 Å². The fraction of sp³-hybridized carbons (Fsp3) is 0. The molecule has 4 aromatic carbocycles. The monoisotopic (exact) mass is 428 g/mol. The normalized spacial score (nSPS) is 9.75. The van der Waals surface area contributed by atoms with Gasteiger partial charge in [-0.05, 0) is 72.8 Å². The van der Waals surface area contributed by atoms with Crippen LogP contribution in [-0.4, -0.2) is 22.2 Å². The molecule has 0 unspecified atom stereocenters. The molecule has 0 atom stereocenters. The fourth-order valence-electron chi connectivity index (χ4n) is 2.58. The first kappa shape index (κ1) is 22.1. The summed E-state index contributed by atoms with van der Waals surface area (Å²) in [6.07, 6.45) is 0. The Balaban J connectivity index is 0.000000181. The largest absolute Gasteiger partial charge is 0.478 e. The highest BCUT2D eigenvalue weighted by molar-refractivity contribution is 5.88. The van der Waals surface area contributed by atoms with E-state index in [-0.39, 0.29) is 11.1 Å². The van der Waals surface area contributed by atoms with Gasteiger partial charge in [0.15, 0.2) is 0 Å². The van der Waals surface area contributed by atoms with E-state index in [2.05, 4.69) is 0 Å². The summed E-state index contributed by atoms with van der Waals surface area (Å²) in [6, 6.07) is 31.3. The SMILES string of the molecule is O=C(O)c1ccc(Oc2ccccc2)cc1.O=C(O)c1ccc(Oc2ccccc2)cc1. The van der Waals surface area contributed by atoms with Crippen molar-refractivity contribution in [1.82, 2.24) is 0 Å². The number of hydrogen-bond acceptors (Lipinski definition) is 4. The summed E-state index contributed by atoms with van der Waals surface area (Å²) in [5.41, 5.74) is 0.501. The van der Waals surface area contributed by atoms with Gasteiger partial charge in [0.2, 0.25) is 0 Å². The van der Waals surface area contributed by atoms with E-state index in [1.54, 1.807) is 24.3 Å². The zero-order valence-electron chi connectivity index (χ0n) is 16.9. The Labute approximate surface area is 184 Å². The Morgan fingerprint density at radius 2 is 0.719 bits per heavy atom. The van der Waals surface area contributed by atoms with Crippen LogP contribution >= 0.6 is 0 Å². The molecule has 0 bridgehead atoms. The molecule has 6 heteroatoms. The molecule has 4 aromatic rings. The molecule has 0 radical (unpaired) electrons.